The van der Waals surface area contributed by atoms with Crippen LogP contribution in [0.4, 0.5) is 14.6 Å². The Hall–Kier alpha value is -4.00. The quantitative estimate of drug-likeness (QED) is 0.269. The fourth-order valence-corrected chi connectivity index (χ4v) is 8.77. The lowest BCUT2D eigenvalue weighted by atomic mass is 9.76. The second-order valence-corrected chi connectivity index (χ2v) is 13.5. The number of aromatic hydroxyl groups is 1. The molecule has 0 spiro atoms. The van der Waals surface area contributed by atoms with E-state index >= 15 is 4.39 Å². The monoisotopic (exact) mass is 609 g/mol. The minimum Gasteiger partial charge on any atom is -0.508 e. The number of ether oxygens (including phenoxy) is 1. The lowest BCUT2D eigenvalue weighted by Gasteiger charge is -2.44. The number of phenols is 1. The molecule has 4 heterocycles. The molecule has 4 fully saturated rings. The van der Waals surface area contributed by atoms with Crippen molar-refractivity contribution in [2.45, 2.75) is 63.1 Å². The van der Waals surface area contributed by atoms with Crippen molar-refractivity contribution in [2.24, 2.45) is 5.41 Å². The van der Waals surface area contributed by atoms with Crippen molar-refractivity contribution in [3.05, 3.63) is 53.6 Å². The van der Waals surface area contributed by atoms with Gasteiger partial charge in [-0.05, 0) is 87.3 Å². The number of aromatic nitrogens is 2. The molecule has 4 aromatic rings. The van der Waals surface area contributed by atoms with Gasteiger partial charge in [-0.15, -0.1) is 6.42 Å². The summed E-state index contributed by atoms with van der Waals surface area (Å²) >= 11 is 0. The molecule has 4 atom stereocenters. The first-order valence-corrected chi connectivity index (χ1v) is 16.1. The number of hydrogen-bond acceptors (Lipinski definition) is 7. The lowest BCUT2D eigenvalue weighted by molar-refractivity contribution is 0.0133. The highest BCUT2D eigenvalue weighted by molar-refractivity contribution is 6.04. The number of nitrogens with zero attached hydrogens (tertiary/aromatic N) is 4. The Morgan fingerprint density at radius 3 is 2.64 bits per heavy atom. The summed E-state index contributed by atoms with van der Waals surface area (Å²) in [6, 6.07) is 10.6. The minimum absolute atomic E-state index is 0.0218. The Kier molecular flexibility index (Phi) is 6.84. The topological polar surface area (TPSA) is 73.8 Å². The second-order valence-electron chi connectivity index (χ2n) is 13.5. The molecular formula is C36H37F2N5O2. The standard InChI is InChI=1S/C36H37F2N5O2/c1-3-25-29(37)12-7-21-16-24(44)17-28(31(21)25)26-10-11-27-33(32(26)38)40-35(41-34(27)43-18-22-8-9-23(19-43)39-22)45-20-36-13-4-6-30(36)42(2)15-5-14-36/h1,7,10-12,16-17,22-23,30,39,44H,4-6,8-9,13-15,18-20H2,2H3/t22?,23?,30-,36-/m1/s1. The van der Waals surface area contributed by atoms with E-state index in [4.69, 9.17) is 21.1 Å². The Balaban J connectivity index is 1.27. The van der Waals surface area contributed by atoms with Crippen molar-refractivity contribution in [2.75, 3.05) is 38.2 Å². The van der Waals surface area contributed by atoms with Crippen molar-refractivity contribution < 1.29 is 18.6 Å². The van der Waals surface area contributed by atoms with Gasteiger partial charge in [-0.2, -0.15) is 9.97 Å². The van der Waals surface area contributed by atoms with Gasteiger partial charge in [0.1, 0.15) is 22.9 Å². The summed E-state index contributed by atoms with van der Waals surface area (Å²) in [5.41, 5.74) is 0.668. The molecule has 45 heavy (non-hydrogen) atoms. The van der Waals surface area contributed by atoms with Gasteiger partial charge in [-0.1, -0.05) is 24.5 Å². The van der Waals surface area contributed by atoms with Crippen molar-refractivity contribution in [3.63, 3.8) is 0 Å². The molecule has 0 amide bonds. The smallest absolute Gasteiger partial charge is 0.319 e. The van der Waals surface area contributed by atoms with Crippen LogP contribution in [0.15, 0.2) is 36.4 Å². The van der Waals surface area contributed by atoms with Gasteiger partial charge in [0.05, 0.1) is 12.2 Å². The number of terminal acetylenes is 1. The minimum atomic E-state index is -0.590. The number of anilines is 1. The van der Waals surface area contributed by atoms with E-state index < -0.39 is 11.6 Å². The molecule has 8 rings (SSSR count). The highest BCUT2D eigenvalue weighted by Gasteiger charge is 2.47. The van der Waals surface area contributed by atoms with E-state index in [0.717, 1.165) is 58.2 Å². The van der Waals surface area contributed by atoms with E-state index in [0.29, 0.717) is 52.3 Å². The van der Waals surface area contributed by atoms with Gasteiger partial charge >= 0.3 is 6.01 Å². The van der Waals surface area contributed by atoms with Gasteiger partial charge in [0.2, 0.25) is 0 Å². The number of piperidine rings is 1. The maximum absolute atomic E-state index is 16.9. The molecule has 3 aromatic carbocycles. The van der Waals surface area contributed by atoms with E-state index in [9.17, 15) is 9.50 Å². The van der Waals surface area contributed by atoms with E-state index in [1.807, 2.05) is 6.07 Å². The summed E-state index contributed by atoms with van der Waals surface area (Å²) in [5.74, 6) is 1.85. The average Bonchev–Trinajstić information content (AvgIpc) is 3.63. The van der Waals surface area contributed by atoms with Crippen LogP contribution < -0.4 is 15.0 Å². The molecule has 7 nitrogen and oxygen atoms in total. The summed E-state index contributed by atoms with van der Waals surface area (Å²) in [5, 5.41) is 15.7. The van der Waals surface area contributed by atoms with E-state index in [1.165, 1.54) is 30.7 Å². The molecule has 9 heteroatoms. The SMILES string of the molecule is C#Cc1c(F)ccc2cc(O)cc(-c3ccc4c(N5CC6CCC(C5)N6)nc(OC[C@]56CCC[C@H]5N(C)CCC6)nc4c3F)c12. The number of piperazine rings is 1. The largest absolute Gasteiger partial charge is 0.508 e. The second kappa shape index (κ2) is 10.8. The van der Waals surface area contributed by atoms with Crippen LogP contribution in [0.2, 0.25) is 0 Å². The molecule has 232 valence electrons. The van der Waals surface area contributed by atoms with Gasteiger partial charge in [0, 0.05) is 53.0 Å². The molecule has 4 aliphatic rings. The molecule has 2 unspecified atom stereocenters. The van der Waals surface area contributed by atoms with Crippen molar-refractivity contribution in [1.82, 2.24) is 20.2 Å². The summed E-state index contributed by atoms with van der Waals surface area (Å²) in [7, 11) is 2.20. The predicted molar refractivity (Wildman–Crippen MR) is 172 cm³/mol. The fourth-order valence-electron chi connectivity index (χ4n) is 8.77. The van der Waals surface area contributed by atoms with Crippen LogP contribution in [0.5, 0.6) is 11.8 Å². The first kappa shape index (κ1) is 28.5. The number of phenolic OH excluding ortho intramolecular Hbond substituents is 1. The normalized spacial score (nSPS) is 26.4. The van der Waals surface area contributed by atoms with Gasteiger partial charge in [-0.25, -0.2) is 8.78 Å². The van der Waals surface area contributed by atoms with Gasteiger partial charge in [-0.3, -0.25) is 0 Å². The number of nitrogens with one attached hydrogen (secondary N) is 1. The number of fused-ring (bicyclic) bond motifs is 5. The van der Waals surface area contributed by atoms with Crippen LogP contribution in [0.25, 0.3) is 32.8 Å². The Morgan fingerprint density at radius 2 is 1.84 bits per heavy atom. The zero-order valence-corrected chi connectivity index (χ0v) is 25.5. The van der Waals surface area contributed by atoms with E-state index in [-0.39, 0.29) is 33.8 Å². The summed E-state index contributed by atoms with van der Waals surface area (Å²) in [6.07, 6.45) is 13.6. The third kappa shape index (κ3) is 4.69. The van der Waals surface area contributed by atoms with Crippen LogP contribution in [0.1, 0.15) is 50.5 Å². The summed E-state index contributed by atoms with van der Waals surface area (Å²) in [6.45, 7) is 3.12. The van der Waals surface area contributed by atoms with Gasteiger partial charge in [0.15, 0.2) is 5.82 Å². The molecule has 1 aromatic heterocycles. The maximum atomic E-state index is 16.9. The molecular weight excluding hydrogens is 572 g/mol. The summed E-state index contributed by atoms with van der Waals surface area (Å²) in [4.78, 5) is 14.3. The number of likely N-dealkylation sites (tertiary alicyclic amines) is 1. The maximum Gasteiger partial charge on any atom is 0.319 e. The van der Waals surface area contributed by atoms with Crippen LogP contribution in [0, 0.1) is 29.4 Å². The number of hydrogen-bond donors (Lipinski definition) is 2. The highest BCUT2D eigenvalue weighted by atomic mass is 19.1. The van der Waals surface area contributed by atoms with E-state index in [2.05, 4.69) is 28.1 Å². The first-order chi connectivity index (χ1) is 21.8. The first-order valence-electron chi connectivity index (χ1n) is 16.1. The number of rotatable bonds is 5. The molecule has 3 aliphatic heterocycles. The molecule has 3 saturated heterocycles. The van der Waals surface area contributed by atoms with Crippen molar-refractivity contribution in [1.29, 1.82) is 0 Å². The third-order valence-corrected chi connectivity index (χ3v) is 10.8. The van der Waals surface area contributed by atoms with Crippen LogP contribution >= 0.6 is 0 Å². The molecule has 1 aliphatic carbocycles. The van der Waals surface area contributed by atoms with Gasteiger partial charge < -0.3 is 25.0 Å². The van der Waals surface area contributed by atoms with Crippen molar-refractivity contribution >= 4 is 27.5 Å². The third-order valence-electron chi connectivity index (χ3n) is 10.8. The zero-order chi connectivity index (χ0) is 30.9. The zero-order valence-electron chi connectivity index (χ0n) is 25.5. The summed E-state index contributed by atoms with van der Waals surface area (Å²) < 4.78 is 38.2. The van der Waals surface area contributed by atoms with Crippen LogP contribution in [-0.4, -0.2) is 71.4 Å². The Bertz CT molecular complexity index is 1860. The number of halogens is 2. The highest BCUT2D eigenvalue weighted by Crippen LogP contribution is 2.48. The Labute approximate surface area is 261 Å². The van der Waals surface area contributed by atoms with E-state index in [1.54, 1.807) is 6.07 Å². The molecule has 0 radical (unpaired) electrons. The van der Waals surface area contributed by atoms with Crippen LogP contribution in [-0.2, 0) is 0 Å². The molecule has 1 saturated carbocycles. The molecule has 2 N–H and O–H groups in total. The lowest BCUT2D eigenvalue weighted by Crippen LogP contribution is -2.51. The molecule has 2 bridgehead atoms. The average molecular weight is 610 g/mol. The van der Waals surface area contributed by atoms with Crippen LogP contribution in [0.3, 0.4) is 0 Å². The number of benzene rings is 3. The van der Waals surface area contributed by atoms with Gasteiger partial charge in [0.25, 0.3) is 0 Å². The van der Waals surface area contributed by atoms with Crippen molar-refractivity contribution in [3.8, 4) is 35.2 Å². The fraction of sp³-hybridized carbons (Fsp3) is 0.444. The Morgan fingerprint density at radius 1 is 1.04 bits per heavy atom. The predicted octanol–water partition coefficient (Wildman–Crippen LogP) is 6.00.